The number of esters is 3. The van der Waals surface area contributed by atoms with E-state index in [1.165, 1.54) is 32.5 Å². The number of hydrogen-bond donors (Lipinski definition) is 0. The van der Waals surface area contributed by atoms with Gasteiger partial charge in [-0.2, -0.15) is 0 Å². The number of hydrogen-bond acceptors (Lipinski definition) is 10. The Balaban J connectivity index is 2.21. The Morgan fingerprint density at radius 1 is 0.906 bits per heavy atom. The van der Waals surface area contributed by atoms with Crippen LogP contribution in [0.3, 0.4) is 0 Å². The largest absolute Gasteiger partial charge is 0.497 e. The van der Waals surface area contributed by atoms with Crippen LogP contribution >= 0.6 is 11.8 Å². The van der Waals surface area contributed by atoms with Crippen molar-refractivity contribution in [2.75, 3.05) is 19.5 Å². The highest BCUT2D eigenvalue weighted by atomic mass is 32.2. The van der Waals surface area contributed by atoms with E-state index in [0.29, 0.717) is 5.75 Å². The summed E-state index contributed by atoms with van der Waals surface area (Å²) in [7, 11) is 1.59. The summed E-state index contributed by atoms with van der Waals surface area (Å²) >= 11 is 1.39. The lowest BCUT2D eigenvalue weighted by Crippen LogP contribution is -2.61. The zero-order valence-electron chi connectivity index (χ0n) is 18.9. The molecule has 1 heterocycles. The predicted octanol–water partition coefficient (Wildman–Crippen LogP) is 2.48. The summed E-state index contributed by atoms with van der Waals surface area (Å²) in [6.45, 7) is 6.01. The molecule has 0 spiro atoms. The van der Waals surface area contributed by atoms with E-state index in [-0.39, 0.29) is 13.2 Å². The molecule has 5 atom stereocenters. The molecule has 178 valence electrons. The van der Waals surface area contributed by atoms with E-state index in [2.05, 4.69) is 0 Å². The Hall–Kier alpha value is -2.30. The average Bonchev–Trinajstić information content (AvgIpc) is 2.72. The van der Waals surface area contributed by atoms with Crippen LogP contribution in [0.5, 0.6) is 5.75 Å². The maximum absolute atomic E-state index is 11.8. The minimum absolute atomic E-state index is 0.0648. The maximum Gasteiger partial charge on any atom is 0.303 e. The van der Waals surface area contributed by atoms with E-state index in [9.17, 15) is 14.4 Å². The fraction of sp³-hybridized carbons (Fsp3) is 0.591. The molecule has 0 amide bonds. The van der Waals surface area contributed by atoms with Crippen molar-refractivity contribution in [1.82, 2.24) is 0 Å². The highest BCUT2D eigenvalue weighted by Gasteiger charge is 2.51. The van der Waals surface area contributed by atoms with Gasteiger partial charge in [-0.3, -0.25) is 14.4 Å². The van der Waals surface area contributed by atoms with Crippen LogP contribution in [0.2, 0.25) is 0 Å². The molecule has 0 radical (unpaired) electrons. The minimum Gasteiger partial charge on any atom is -0.497 e. The predicted molar refractivity (Wildman–Crippen MR) is 116 cm³/mol. The van der Waals surface area contributed by atoms with Crippen LogP contribution in [-0.4, -0.2) is 67.2 Å². The van der Waals surface area contributed by atoms with Gasteiger partial charge in [0.25, 0.3) is 0 Å². The molecule has 0 aromatic heterocycles. The number of thioether (sulfide) groups is 1. The highest BCUT2D eigenvalue weighted by Crippen LogP contribution is 2.34. The summed E-state index contributed by atoms with van der Waals surface area (Å²) < 4.78 is 33.4. The fourth-order valence-electron chi connectivity index (χ4n) is 3.30. The van der Waals surface area contributed by atoms with Crippen molar-refractivity contribution in [2.45, 2.75) is 64.2 Å². The summed E-state index contributed by atoms with van der Waals surface area (Å²) in [6.07, 6.45) is -3.72. The molecule has 1 aromatic carbocycles. The normalized spacial score (nSPS) is 25.0. The molecule has 2 rings (SSSR count). The van der Waals surface area contributed by atoms with Crippen molar-refractivity contribution < 1.29 is 42.8 Å². The van der Waals surface area contributed by atoms with Crippen LogP contribution in [0.15, 0.2) is 24.3 Å². The fourth-order valence-corrected chi connectivity index (χ4v) is 4.25. The van der Waals surface area contributed by atoms with E-state index >= 15 is 0 Å². The summed E-state index contributed by atoms with van der Waals surface area (Å²) in [5.41, 5.74) is 0.286. The molecule has 0 bridgehead atoms. The van der Waals surface area contributed by atoms with Crippen molar-refractivity contribution in [3.05, 3.63) is 29.8 Å². The van der Waals surface area contributed by atoms with E-state index in [1.54, 1.807) is 7.11 Å². The number of carbonyl (C=O) groups excluding carboxylic acids is 3. The number of ether oxygens (including phenoxy) is 6. The van der Waals surface area contributed by atoms with Crippen molar-refractivity contribution in [3.63, 3.8) is 0 Å². The van der Waals surface area contributed by atoms with Crippen LogP contribution in [-0.2, 0) is 44.7 Å². The highest BCUT2D eigenvalue weighted by molar-refractivity contribution is 7.99. The monoisotopic (exact) mass is 470 g/mol. The zero-order valence-corrected chi connectivity index (χ0v) is 19.7. The van der Waals surface area contributed by atoms with Crippen molar-refractivity contribution in [3.8, 4) is 5.75 Å². The van der Waals surface area contributed by atoms with E-state index in [1.807, 2.05) is 31.2 Å². The molecule has 9 nitrogen and oxygen atoms in total. The number of rotatable bonds is 10. The second-order valence-electron chi connectivity index (χ2n) is 7.08. The van der Waals surface area contributed by atoms with Gasteiger partial charge in [0.05, 0.1) is 20.3 Å². The maximum atomic E-state index is 11.8. The molecular weight excluding hydrogens is 440 g/mol. The molecule has 0 aliphatic carbocycles. The zero-order chi connectivity index (χ0) is 23.7. The standard InChI is InChI=1S/C22H30O9S/c1-6-32-22-21(30-15(4)25)20(29-14(3)24)19(28-13(2)23)18(31-22)12-27-11-16-7-9-17(26-5)10-8-16/h7-10,18-22H,6,11-12H2,1-5H3/t18?,19-,20+,21?,22+/m1/s1. The molecule has 1 aliphatic rings. The lowest BCUT2D eigenvalue weighted by molar-refractivity contribution is -0.238. The van der Waals surface area contributed by atoms with Crippen LogP contribution in [0.1, 0.15) is 33.3 Å². The number of benzene rings is 1. The van der Waals surface area contributed by atoms with Crippen LogP contribution < -0.4 is 4.74 Å². The Labute approximate surface area is 192 Å². The third-order valence-electron chi connectivity index (χ3n) is 4.54. The summed E-state index contributed by atoms with van der Waals surface area (Å²) in [5, 5.41) is 0. The second-order valence-corrected chi connectivity index (χ2v) is 8.46. The molecule has 2 unspecified atom stereocenters. The van der Waals surface area contributed by atoms with Gasteiger partial charge in [0.2, 0.25) is 0 Å². The molecule has 0 saturated carbocycles. The SMILES string of the molecule is CCS[C@@H]1OC(COCc2ccc(OC)cc2)[C@@H](OC(C)=O)[C@H](OC(C)=O)C1OC(C)=O. The Bertz CT molecular complexity index is 767. The smallest absolute Gasteiger partial charge is 0.303 e. The average molecular weight is 471 g/mol. The van der Waals surface area contributed by atoms with Crippen LogP contribution in [0.4, 0.5) is 0 Å². The quantitative estimate of drug-likeness (QED) is 0.374. The molecular formula is C22H30O9S. The van der Waals surface area contributed by atoms with Gasteiger partial charge in [0, 0.05) is 20.8 Å². The minimum atomic E-state index is -1.03. The Morgan fingerprint density at radius 2 is 1.47 bits per heavy atom. The van der Waals surface area contributed by atoms with Gasteiger partial charge >= 0.3 is 17.9 Å². The molecule has 1 saturated heterocycles. The van der Waals surface area contributed by atoms with Gasteiger partial charge in [0.15, 0.2) is 18.3 Å². The summed E-state index contributed by atoms with van der Waals surface area (Å²) in [6, 6.07) is 7.40. The third-order valence-corrected chi connectivity index (χ3v) is 5.58. The molecule has 1 aliphatic heterocycles. The van der Waals surface area contributed by atoms with Crippen molar-refractivity contribution in [2.24, 2.45) is 0 Å². The first-order valence-corrected chi connectivity index (χ1v) is 11.3. The third kappa shape index (κ3) is 7.68. The first kappa shape index (κ1) is 26.0. The summed E-state index contributed by atoms with van der Waals surface area (Å²) in [4.78, 5) is 35.3. The summed E-state index contributed by atoms with van der Waals surface area (Å²) in [5.74, 6) is -0.344. The van der Waals surface area contributed by atoms with E-state index < -0.39 is 47.8 Å². The van der Waals surface area contributed by atoms with Crippen molar-refractivity contribution in [1.29, 1.82) is 0 Å². The molecule has 1 aromatic rings. The lowest BCUT2D eigenvalue weighted by atomic mass is 9.99. The van der Waals surface area contributed by atoms with Gasteiger partial charge in [0.1, 0.15) is 17.3 Å². The second kappa shape index (κ2) is 12.7. The first-order valence-electron chi connectivity index (χ1n) is 10.2. The lowest BCUT2D eigenvalue weighted by Gasteiger charge is -2.44. The van der Waals surface area contributed by atoms with E-state index in [4.69, 9.17) is 28.4 Å². The van der Waals surface area contributed by atoms with E-state index in [0.717, 1.165) is 11.3 Å². The van der Waals surface area contributed by atoms with Gasteiger partial charge in [-0.05, 0) is 23.4 Å². The van der Waals surface area contributed by atoms with Gasteiger partial charge in [-0.1, -0.05) is 19.1 Å². The van der Waals surface area contributed by atoms with Crippen LogP contribution in [0.25, 0.3) is 0 Å². The van der Waals surface area contributed by atoms with Crippen molar-refractivity contribution >= 4 is 29.7 Å². The first-order chi connectivity index (χ1) is 15.2. The number of carbonyl (C=O) groups is 3. The Kier molecular flexibility index (Phi) is 10.3. The van der Waals surface area contributed by atoms with Gasteiger partial charge in [-0.15, -0.1) is 11.8 Å². The van der Waals surface area contributed by atoms with Crippen LogP contribution in [0, 0.1) is 0 Å². The topological polar surface area (TPSA) is 107 Å². The molecule has 32 heavy (non-hydrogen) atoms. The van der Waals surface area contributed by atoms with Gasteiger partial charge < -0.3 is 28.4 Å². The molecule has 10 heteroatoms. The Morgan fingerprint density at radius 3 is 2.00 bits per heavy atom. The molecule has 0 N–H and O–H groups in total. The van der Waals surface area contributed by atoms with Gasteiger partial charge in [-0.25, -0.2) is 0 Å². The molecule has 1 fully saturated rings. The number of methoxy groups -OCH3 is 1.